The van der Waals surface area contributed by atoms with E-state index in [2.05, 4.69) is 12.1 Å². The maximum atomic E-state index is 12.1. The maximum Gasteiger partial charge on any atom is 0.251 e. The molecule has 1 aliphatic rings. The quantitative estimate of drug-likeness (QED) is 0.836. The van der Waals surface area contributed by atoms with Gasteiger partial charge in [-0.3, -0.25) is 4.79 Å². The molecule has 1 N–H and O–H groups in total. The Hall–Kier alpha value is -1.04. The van der Waals surface area contributed by atoms with Gasteiger partial charge in [-0.15, -0.1) is 0 Å². The van der Waals surface area contributed by atoms with Crippen molar-refractivity contribution in [3.8, 4) is 0 Å². The lowest BCUT2D eigenvalue weighted by molar-refractivity contribution is -0.143. The number of hydrogen-bond donors (Lipinski definition) is 1. The zero-order valence-electron chi connectivity index (χ0n) is 13.1. The third kappa shape index (κ3) is 5.30. The Morgan fingerprint density at radius 2 is 2.05 bits per heavy atom. The van der Waals surface area contributed by atoms with Gasteiger partial charge < -0.3 is 14.7 Å². The second-order valence-electron chi connectivity index (χ2n) is 5.62. The van der Waals surface area contributed by atoms with E-state index in [4.69, 9.17) is 4.74 Å². The minimum atomic E-state index is -0.853. The van der Waals surface area contributed by atoms with E-state index >= 15 is 0 Å². The molecule has 22 heavy (non-hydrogen) atoms. The van der Waals surface area contributed by atoms with E-state index in [1.54, 1.807) is 16.7 Å². The SMILES string of the molecule is CSCC[C@@H](O)C(=O)N1CCC(OCc2ccccc2)CC1. The summed E-state index contributed by atoms with van der Waals surface area (Å²) in [4.78, 5) is 13.9. The number of aliphatic hydroxyl groups excluding tert-OH is 1. The summed E-state index contributed by atoms with van der Waals surface area (Å²) >= 11 is 1.65. The summed E-state index contributed by atoms with van der Waals surface area (Å²) in [7, 11) is 0. The number of hydrogen-bond acceptors (Lipinski definition) is 4. The number of rotatable bonds is 7. The van der Waals surface area contributed by atoms with E-state index in [1.807, 2.05) is 24.5 Å². The molecule has 1 aromatic rings. The van der Waals surface area contributed by atoms with Gasteiger partial charge in [-0.25, -0.2) is 0 Å². The topological polar surface area (TPSA) is 49.8 Å². The molecule has 0 unspecified atom stereocenters. The highest BCUT2D eigenvalue weighted by Crippen LogP contribution is 2.17. The fraction of sp³-hybridized carbons (Fsp3) is 0.588. The van der Waals surface area contributed by atoms with Crippen LogP contribution in [0.3, 0.4) is 0 Å². The number of carbonyl (C=O) groups excluding carboxylic acids is 1. The Balaban J connectivity index is 1.70. The molecule has 5 heteroatoms. The van der Waals surface area contributed by atoms with Crippen molar-refractivity contribution in [1.82, 2.24) is 4.90 Å². The third-order valence-electron chi connectivity index (χ3n) is 3.96. The molecule has 122 valence electrons. The van der Waals surface area contributed by atoms with E-state index in [0.717, 1.165) is 18.6 Å². The number of nitrogens with zero attached hydrogens (tertiary/aromatic N) is 1. The molecule has 0 saturated carbocycles. The van der Waals surface area contributed by atoms with Gasteiger partial charge in [-0.1, -0.05) is 30.3 Å². The predicted molar refractivity (Wildman–Crippen MR) is 89.8 cm³/mol. The number of likely N-dealkylation sites (tertiary alicyclic amines) is 1. The van der Waals surface area contributed by atoms with Crippen molar-refractivity contribution in [2.24, 2.45) is 0 Å². The number of benzene rings is 1. The van der Waals surface area contributed by atoms with Gasteiger partial charge in [0.1, 0.15) is 6.10 Å². The van der Waals surface area contributed by atoms with Crippen LogP contribution in [0.4, 0.5) is 0 Å². The lowest BCUT2D eigenvalue weighted by atomic mass is 10.1. The molecule has 1 heterocycles. The highest BCUT2D eigenvalue weighted by atomic mass is 32.2. The molecule has 0 aromatic heterocycles. The number of amides is 1. The standard InChI is InChI=1S/C17H25NO3S/c1-22-12-9-16(19)17(20)18-10-7-15(8-11-18)21-13-14-5-3-2-4-6-14/h2-6,15-16,19H,7-13H2,1H3/t16-/m1/s1. The lowest BCUT2D eigenvalue weighted by Crippen LogP contribution is -2.45. The molecule has 1 aromatic carbocycles. The van der Waals surface area contributed by atoms with Crippen LogP contribution in [0, 0.1) is 0 Å². The van der Waals surface area contributed by atoms with E-state index in [-0.39, 0.29) is 12.0 Å². The fourth-order valence-corrected chi connectivity index (χ4v) is 3.05. The first-order valence-electron chi connectivity index (χ1n) is 7.82. The summed E-state index contributed by atoms with van der Waals surface area (Å²) in [6.45, 7) is 1.97. The summed E-state index contributed by atoms with van der Waals surface area (Å²) in [6.07, 6.45) is 3.54. The van der Waals surface area contributed by atoms with E-state index in [0.29, 0.717) is 26.1 Å². The minimum absolute atomic E-state index is 0.129. The molecule has 1 saturated heterocycles. The van der Waals surface area contributed by atoms with Crippen LogP contribution in [0.15, 0.2) is 30.3 Å². The molecule has 1 aliphatic heterocycles. The van der Waals surface area contributed by atoms with Gasteiger partial charge in [-0.2, -0.15) is 11.8 Å². The van der Waals surface area contributed by atoms with Gasteiger partial charge >= 0.3 is 0 Å². The van der Waals surface area contributed by atoms with Crippen molar-refractivity contribution in [2.75, 3.05) is 25.1 Å². The second-order valence-corrected chi connectivity index (χ2v) is 6.60. The van der Waals surface area contributed by atoms with Crippen molar-refractivity contribution in [3.63, 3.8) is 0 Å². The normalized spacial score (nSPS) is 17.5. The molecule has 2 rings (SSSR count). The number of thioether (sulfide) groups is 1. The second kappa shape index (κ2) is 9.18. The Morgan fingerprint density at radius 1 is 1.36 bits per heavy atom. The van der Waals surface area contributed by atoms with Crippen molar-refractivity contribution in [3.05, 3.63) is 35.9 Å². The molecule has 1 fully saturated rings. The Morgan fingerprint density at radius 3 is 2.68 bits per heavy atom. The van der Waals surface area contributed by atoms with Gasteiger partial charge in [0.15, 0.2) is 0 Å². The average Bonchev–Trinajstić information content (AvgIpc) is 2.58. The first-order chi connectivity index (χ1) is 10.7. The van der Waals surface area contributed by atoms with E-state index in [1.165, 1.54) is 5.56 Å². The van der Waals surface area contributed by atoms with Crippen LogP contribution >= 0.6 is 11.8 Å². The molecule has 0 radical (unpaired) electrons. The summed E-state index contributed by atoms with van der Waals surface area (Å²) in [5.74, 6) is 0.680. The number of carbonyl (C=O) groups is 1. The molecule has 1 amide bonds. The monoisotopic (exact) mass is 323 g/mol. The molecule has 4 nitrogen and oxygen atoms in total. The Kier molecular flexibility index (Phi) is 7.22. The highest BCUT2D eigenvalue weighted by Gasteiger charge is 2.27. The fourth-order valence-electron chi connectivity index (χ4n) is 2.59. The summed E-state index contributed by atoms with van der Waals surface area (Å²) in [5.41, 5.74) is 1.17. The van der Waals surface area contributed by atoms with Crippen LogP contribution in [-0.2, 0) is 16.1 Å². The van der Waals surface area contributed by atoms with Crippen molar-refractivity contribution >= 4 is 17.7 Å². The summed E-state index contributed by atoms with van der Waals surface area (Å²) in [6, 6.07) is 10.1. The summed E-state index contributed by atoms with van der Waals surface area (Å²) < 4.78 is 5.92. The maximum absolute atomic E-state index is 12.1. The van der Waals surface area contributed by atoms with Gasteiger partial charge in [0, 0.05) is 13.1 Å². The lowest BCUT2D eigenvalue weighted by Gasteiger charge is -2.33. The molecular formula is C17H25NO3S. The molecular weight excluding hydrogens is 298 g/mol. The van der Waals surface area contributed by atoms with Crippen LogP contribution in [0.2, 0.25) is 0 Å². The molecule has 1 atom stereocenters. The van der Waals surface area contributed by atoms with E-state index in [9.17, 15) is 9.90 Å². The van der Waals surface area contributed by atoms with E-state index < -0.39 is 6.10 Å². The number of aliphatic hydroxyl groups is 1. The zero-order valence-corrected chi connectivity index (χ0v) is 13.9. The Bertz CT molecular complexity index is 446. The Labute approximate surface area is 136 Å². The smallest absolute Gasteiger partial charge is 0.251 e. The van der Waals surface area contributed by atoms with Crippen LogP contribution in [0.25, 0.3) is 0 Å². The average molecular weight is 323 g/mol. The van der Waals surface area contributed by atoms with Gasteiger partial charge in [0.25, 0.3) is 5.91 Å². The van der Waals surface area contributed by atoms with Gasteiger partial charge in [0.2, 0.25) is 0 Å². The van der Waals surface area contributed by atoms with Crippen molar-refractivity contribution < 1.29 is 14.6 Å². The number of ether oxygens (including phenoxy) is 1. The zero-order chi connectivity index (χ0) is 15.8. The van der Waals surface area contributed by atoms with Gasteiger partial charge in [-0.05, 0) is 36.8 Å². The van der Waals surface area contributed by atoms with Crippen LogP contribution in [-0.4, -0.2) is 53.2 Å². The molecule has 0 aliphatic carbocycles. The van der Waals surface area contributed by atoms with Gasteiger partial charge in [0.05, 0.1) is 12.7 Å². The predicted octanol–water partition coefficient (Wildman–Crippen LogP) is 2.31. The van der Waals surface area contributed by atoms with Crippen LogP contribution < -0.4 is 0 Å². The van der Waals surface area contributed by atoms with Crippen LogP contribution in [0.5, 0.6) is 0 Å². The largest absolute Gasteiger partial charge is 0.383 e. The van der Waals surface area contributed by atoms with Crippen molar-refractivity contribution in [1.29, 1.82) is 0 Å². The molecule has 0 bridgehead atoms. The minimum Gasteiger partial charge on any atom is -0.383 e. The van der Waals surface area contributed by atoms with Crippen LogP contribution in [0.1, 0.15) is 24.8 Å². The summed E-state index contributed by atoms with van der Waals surface area (Å²) in [5, 5.41) is 9.88. The highest BCUT2D eigenvalue weighted by molar-refractivity contribution is 7.98. The first kappa shape index (κ1) is 17.3. The van der Waals surface area contributed by atoms with Crippen molar-refractivity contribution in [2.45, 2.75) is 38.1 Å². The molecule has 0 spiro atoms. The third-order valence-corrected chi connectivity index (χ3v) is 4.61. The first-order valence-corrected chi connectivity index (χ1v) is 9.21. The number of piperidine rings is 1.